The maximum absolute atomic E-state index is 11.7. The number of phenolic OH excluding ortho intramolecular Hbond substituents is 1. The van der Waals surface area contributed by atoms with Gasteiger partial charge in [0.25, 0.3) is 0 Å². The van der Waals surface area contributed by atoms with E-state index in [0.29, 0.717) is 26.9 Å². The van der Waals surface area contributed by atoms with E-state index in [9.17, 15) is 15.0 Å². The molecule has 0 saturated carbocycles. The molecule has 1 atom stereocenters. The van der Waals surface area contributed by atoms with Gasteiger partial charge in [-0.3, -0.25) is 4.79 Å². The third kappa shape index (κ3) is 3.64. The van der Waals surface area contributed by atoms with Crippen LogP contribution in [0.15, 0.2) is 36.4 Å². The minimum atomic E-state index is -1.04. The van der Waals surface area contributed by atoms with Crippen LogP contribution in [0.3, 0.4) is 0 Å². The van der Waals surface area contributed by atoms with Gasteiger partial charge in [-0.1, -0.05) is 23.2 Å². The molecule has 0 aliphatic heterocycles. The van der Waals surface area contributed by atoms with Crippen LogP contribution < -0.4 is 4.74 Å². The minimum absolute atomic E-state index is 0.00311. The Morgan fingerprint density at radius 1 is 1.18 bits per heavy atom. The first-order valence-corrected chi connectivity index (χ1v) is 7.21. The number of hydrogen-bond donors (Lipinski definition) is 2. The maximum Gasteiger partial charge on any atom is 0.311 e. The molecule has 2 aromatic carbocycles. The Morgan fingerprint density at radius 3 is 2.45 bits per heavy atom. The van der Waals surface area contributed by atoms with Crippen molar-refractivity contribution in [1.82, 2.24) is 0 Å². The van der Waals surface area contributed by atoms with Crippen molar-refractivity contribution >= 4 is 29.2 Å². The molecule has 1 unspecified atom stereocenters. The lowest BCUT2D eigenvalue weighted by Gasteiger charge is -2.17. The van der Waals surface area contributed by atoms with Gasteiger partial charge in [0, 0.05) is 15.6 Å². The summed E-state index contributed by atoms with van der Waals surface area (Å²) in [5.74, 6) is -1.53. The second-order valence-electron chi connectivity index (χ2n) is 4.75. The molecule has 0 spiro atoms. The summed E-state index contributed by atoms with van der Waals surface area (Å²) in [5, 5.41) is 20.3. The van der Waals surface area contributed by atoms with Crippen molar-refractivity contribution in [3.8, 4) is 11.5 Å². The Hall–Kier alpha value is -1.91. The quantitative estimate of drug-likeness (QED) is 0.859. The van der Waals surface area contributed by atoms with Crippen LogP contribution in [0.1, 0.15) is 17.0 Å². The van der Waals surface area contributed by atoms with Gasteiger partial charge in [0.2, 0.25) is 0 Å². The molecular formula is C16H14Cl2O4. The van der Waals surface area contributed by atoms with Crippen LogP contribution in [0, 0.1) is 0 Å². The summed E-state index contributed by atoms with van der Waals surface area (Å²) >= 11 is 11.9. The molecule has 0 aromatic heterocycles. The molecule has 0 radical (unpaired) electrons. The number of rotatable bonds is 5. The molecule has 0 aliphatic carbocycles. The SMILES string of the molecule is COc1ccc(Cl)cc1C(Cc1cc(Cl)ccc1O)C(=O)O. The van der Waals surface area contributed by atoms with Crippen molar-refractivity contribution in [2.24, 2.45) is 0 Å². The van der Waals surface area contributed by atoms with Crippen molar-refractivity contribution < 1.29 is 19.7 Å². The highest BCUT2D eigenvalue weighted by molar-refractivity contribution is 6.31. The van der Waals surface area contributed by atoms with E-state index in [2.05, 4.69) is 0 Å². The molecule has 4 nitrogen and oxygen atoms in total. The normalized spacial score (nSPS) is 12.0. The Labute approximate surface area is 137 Å². The summed E-state index contributed by atoms with van der Waals surface area (Å²) in [6.07, 6.45) is 0.0679. The van der Waals surface area contributed by atoms with Crippen molar-refractivity contribution in [3.05, 3.63) is 57.6 Å². The first-order valence-electron chi connectivity index (χ1n) is 6.46. The number of halogens is 2. The van der Waals surface area contributed by atoms with Gasteiger partial charge in [0.1, 0.15) is 11.5 Å². The van der Waals surface area contributed by atoms with E-state index in [1.54, 1.807) is 24.3 Å². The number of hydrogen-bond acceptors (Lipinski definition) is 3. The summed E-state index contributed by atoms with van der Waals surface area (Å²) in [6.45, 7) is 0. The Balaban J connectivity index is 2.45. The van der Waals surface area contributed by atoms with E-state index in [4.69, 9.17) is 27.9 Å². The Kier molecular flexibility index (Phi) is 5.16. The van der Waals surface area contributed by atoms with Crippen LogP contribution in [0.25, 0.3) is 0 Å². The highest BCUT2D eigenvalue weighted by Crippen LogP contribution is 2.34. The number of carboxylic acids is 1. The zero-order chi connectivity index (χ0) is 16.3. The molecule has 22 heavy (non-hydrogen) atoms. The zero-order valence-corrected chi connectivity index (χ0v) is 13.2. The number of carbonyl (C=O) groups is 1. The number of ether oxygens (including phenoxy) is 1. The van der Waals surface area contributed by atoms with E-state index in [0.717, 1.165) is 0 Å². The van der Waals surface area contributed by atoms with E-state index in [-0.39, 0.29) is 12.2 Å². The van der Waals surface area contributed by atoms with Crippen LogP contribution in [-0.4, -0.2) is 23.3 Å². The summed E-state index contributed by atoms with van der Waals surface area (Å²) in [4.78, 5) is 11.7. The van der Waals surface area contributed by atoms with Gasteiger partial charge in [0.05, 0.1) is 13.0 Å². The molecule has 2 rings (SSSR count). The molecule has 2 N–H and O–H groups in total. The number of aromatic hydroxyl groups is 1. The summed E-state index contributed by atoms with van der Waals surface area (Å²) in [7, 11) is 1.46. The molecule has 0 heterocycles. The summed E-state index contributed by atoms with van der Waals surface area (Å²) in [6, 6.07) is 9.32. The van der Waals surface area contributed by atoms with E-state index in [1.165, 1.54) is 19.2 Å². The van der Waals surface area contributed by atoms with Gasteiger partial charge in [-0.05, 0) is 48.4 Å². The fourth-order valence-electron chi connectivity index (χ4n) is 2.25. The Morgan fingerprint density at radius 2 is 1.82 bits per heavy atom. The highest BCUT2D eigenvalue weighted by Gasteiger charge is 2.25. The second-order valence-corrected chi connectivity index (χ2v) is 5.63. The average molecular weight is 341 g/mol. The van der Waals surface area contributed by atoms with Gasteiger partial charge < -0.3 is 14.9 Å². The topological polar surface area (TPSA) is 66.8 Å². The molecule has 0 aliphatic rings. The number of methoxy groups -OCH3 is 1. The van der Waals surface area contributed by atoms with Crippen molar-refractivity contribution in [3.63, 3.8) is 0 Å². The maximum atomic E-state index is 11.7. The predicted molar refractivity (Wildman–Crippen MR) is 85.2 cm³/mol. The lowest BCUT2D eigenvalue weighted by molar-refractivity contribution is -0.138. The minimum Gasteiger partial charge on any atom is -0.508 e. The van der Waals surface area contributed by atoms with Crippen LogP contribution in [0.5, 0.6) is 11.5 Å². The number of phenols is 1. The predicted octanol–water partition coefficient (Wildman–Crippen LogP) is 4.12. The monoisotopic (exact) mass is 340 g/mol. The molecule has 0 fully saturated rings. The molecule has 0 saturated heterocycles. The highest BCUT2D eigenvalue weighted by atomic mass is 35.5. The van der Waals surface area contributed by atoms with Gasteiger partial charge in [-0.2, -0.15) is 0 Å². The fraction of sp³-hybridized carbons (Fsp3) is 0.188. The summed E-state index contributed by atoms with van der Waals surface area (Å²) in [5.41, 5.74) is 0.892. The number of aliphatic carboxylic acids is 1. The van der Waals surface area contributed by atoms with Gasteiger partial charge in [0.15, 0.2) is 0 Å². The van der Waals surface area contributed by atoms with Crippen LogP contribution in [0.2, 0.25) is 10.0 Å². The Bertz CT molecular complexity index is 701. The zero-order valence-electron chi connectivity index (χ0n) is 11.7. The van der Waals surface area contributed by atoms with Gasteiger partial charge in [-0.15, -0.1) is 0 Å². The van der Waals surface area contributed by atoms with E-state index < -0.39 is 11.9 Å². The molecule has 0 amide bonds. The van der Waals surface area contributed by atoms with E-state index in [1.807, 2.05) is 0 Å². The molecular weight excluding hydrogens is 327 g/mol. The van der Waals surface area contributed by atoms with Crippen LogP contribution in [-0.2, 0) is 11.2 Å². The van der Waals surface area contributed by atoms with Crippen molar-refractivity contribution in [2.45, 2.75) is 12.3 Å². The fourth-order valence-corrected chi connectivity index (χ4v) is 2.62. The third-order valence-electron chi connectivity index (χ3n) is 3.33. The van der Waals surface area contributed by atoms with Crippen LogP contribution in [0.4, 0.5) is 0 Å². The first kappa shape index (κ1) is 16.5. The van der Waals surface area contributed by atoms with Gasteiger partial charge >= 0.3 is 5.97 Å². The lowest BCUT2D eigenvalue weighted by Crippen LogP contribution is -2.15. The van der Waals surface area contributed by atoms with Gasteiger partial charge in [-0.25, -0.2) is 0 Å². The second kappa shape index (κ2) is 6.90. The lowest BCUT2D eigenvalue weighted by atomic mass is 9.91. The first-order chi connectivity index (χ1) is 10.4. The number of benzene rings is 2. The van der Waals surface area contributed by atoms with E-state index >= 15 is 0 Å². The molecule has 0 bridgehead atoms. The molecule has 116 valence electrons. The smallest absolute Gasteiger partial charge is 0.311 e. The number of carboxylic acid groups (broad SMARTS) is 1. The molecule has 6 heteroatoms. The summed E-state index contributed by atoms with van der Waals surface area (Å²) < 4.78 is 5.21. The van der Waals surface area contributed by atoms with Crippen molar-refractivity contribution in [1.29, 1.82) is 0 Å². The van der Waals surface area contributed by atoms with Crippen molar-refractivity contribution in [2.75, 3.05) is 7.11 Å². The van der Waals surface area contributed by atoms with Crippen LogP contribution >= 0.6 is 23.2 Å². The standard InChI is InChI=1S/C16H14Cl2O4/c1-22-15-5-3-11(18)8-12(15)13(16(20)21)7-9-6-10(17)2-4-14(9)19/h2-6,8,13,19H,7H2,1H3,(H,20,21). The molecule has 2 aromatic rings. The largest absolute Gasteiger partial charge is 0.508 e. The average Bonchev–Trinajstić information content (AvgIpc) is 2.47. The third-order valence-corrected chi connectivity index (χ3v) is 3.80.